The van der Waals surface area contributed by atoms with Crippen molar-refractivity contribution >= 4 is 23.3 Å². The van der Waals surface area contributed by atoms with Crippen LogP contribution in [0.1, 0.15) is 36.8 Å². The molecule has 1 aliphatic carbocycles. The summed E-state index contributed by atoms with van der Waals surface area (Å²) in [6, 6.07) is 15.3. The molecule has 40 heavy (non-hydrogen) atoms. The van der Waals surface area contributed by atoms with E-state index in [4.69, 9.17) is 36.3 Å². The van der Waals surface area contributed by atoms with E-state index < -0.39 is 12.1 Å². The molecular formula is C28H36F3N3O5S. The van der Waals surface area contributed by atoms with Gasteiger partial charge in [-0.15, -0.1) is 0 Å². The molecule has 0 spiro atoms. The summed E-state index contributed by atoms with van der Waals surface area (Å²) in [5.74, 6) is -0.307. The topological polar surface area (TPSA) is 92.3 Å². The first kappa shape index (κ1) is 31.3. The van der Waals surface area contributed by atoms with Crippen LogP contribution in [0, 0.1) is 0 Å². The van der Waals surface area contributed by atoms with E-state index in [0.717, 1.165) is 54.6 Å². The Morgan fingerprint density at radius 1 is 1.07 bits per heavy atom. The molecule has 1 aliphatic heterocycles. The Kier molecular flexibility index (Phi) is 10.5. The van der Waals surface area contributed by atoms with E-state index in [-0.39, 0.29) is 5.41 Å². The van der Waals surface area contributed by atoms with Crippen LogP contribution in [-0.2, 0) is 16.8 Å². The smallest absolute Gasteiger partial charge is 0.490 e. The first-order chi connectivity index (χ1) is 18.9. The van der Waals surface area contributed by atoms with Gasteiger partial charge in [0.15, 0.2) is 16.6 Å². The van der Waals surface area contributed by atoms with Crippen molar-refractivity contribution in [2.75, 3.05) is 34.9 Å². The quantitative estimate of drug-likeness (QED) is 0.408. The van der Waals surface area contributed by atoms with E-state index in [2.05, 4.69) is 46.8 Å². The molecule has 3 N–H and O–H groups in total. The third kappa shape index (κ3) is 7.48. The van der Waals surface area contributed by atoms with Crippen molar-refractivity contribution < 1.29 is 37.3 Å². The molecular weight excluding hydrogens is 547 g/mol. The van der Waals surface area contributed by atoms with Crippen molar-refractivity contribution in [3.05, 3.63) is 53.6 Å². The molecule has 2 aliphatic rings. The van der Waals surface area contributed by atoms with Crippen molar-refractivity contribution in [2.24, 2.45) is 0 Å². The zero-order valence-electron chi connectivity index (χ0n) is 23.0. The number of nitrogens with zero attached hydrogens (tertiary/aromatic N) is 1. The van der Waals surface area contributed by atoms with Gasteiger partial charge in [0.1, 0.15) is 5.75 Å². The molecule has 2 aromatic rings. The average molecular weight is 584 g/mol. The number of methoxy groups -OCH3 is 3. The van der Waals surface area contributed by atoms with E-state index in [0.29, 0.717) is 18.6 Å². The van der Waals surface area contributed by atoms with Crippen LogP contribution < -0.4 is 24.8 Å². The van der Waals surface area contributed by atoms with Crippen LogP contribution in [-0.4, -0.2) is 74.3 Å². The Bertz CT molecular complexity index is 1160. The fourth-order valence-corrected chi connectivity index (χ4v) is 5.80. The number of benzene rings is 2. The number of hydrogen-bond acceptors (Lipinski definition) is 6. The number of hydrogen-bond donors (Lipinski definition) is 3. The molecule has 0 radical (unpaired) electrons. The van der Waals surface area contributed by atoms with E-state index in [1.54, 1.807) is 21.3 Å². The largest absolute Gasteiger partial charge is 0.497 e. The maximum absolute atomic E-state index is 10.6. The van der Waals surface area contributed by atoms with Crippen LogP contribution in [0.3, 0.4) is 0 Å². The van der Waals surface area contributed by atoms with Gasteiger partial charge < -0.3 is 34.9 Å². The predicted octanol–water partition coefficient (Wildman–Crippen LogP) is 4.50. The summed E-state index contributed by atoms with van der Waals surface area (Å²) >= 11 is 5.62. The molecule has 1 saturated carbocycles. The third-order valence-electron chi connectivity index (χ3n) is 7.68. The first-order valence-corrected chi connectivity index (χ1v) is 13.2. The summed E-state index contributed by atoms with van der Waals surface area (Å²) in [5.41, 5.74) is 2.67. The Hall–Kier alpha value is -3.25. The number of carbonyl (C=O) groups is 1. The molecule has 12 heteroatoms. The summed E-state index contributed by atoms with van der Waals surface area (Å²) in [4.78, 5) is 11.4. The molecule has 1 saturated heterocycles. The van der Waals surface area contributed by atoms with Gasteiger partial charge in [0, 0.05) is 24.0 Å². The number of likely N-dealkylation sites (N-methyl/N-ethyl adjacent to an activating group) is 1. The molecule has 8 nitrogen and oxygen atoms in total. The number of alkyl halides is 3. The highest BCUT2D eigenvalue weighted by Gasteiger charge is 2.50. The number of likely N-dealkylation sites (tertiary alicyclic amines) is 1. The van der Waals surface area contributed by atoms with Crippen molar-refractivity contribution in [1.29, 1.82) is 0 Å². The fourth-order valence-electron chi connectivity index (χ4n) is 5.56. The zero-order valence-corrected chi connectivity index (χ0v) is 23.8. The van der Waals surface area contributed by atoms with Gasteiger partial charge in [0.2, 0.25) is 0 Å². The van der Waals surface area contributed by atoms with Crippen LogP contribution in [0.2, 0.25) is 0 Å². The van der Waals surface area contributed by atoms with Gasteiger partial charge in [-0.3, -0.25) is 0 Å². The Morgan fingerprint density at radius 2 is 1.73 bits per heavy atom. The van der Waals surface area contributed by atoms with Crippen LogP contribution in [0.4, 0.5) is 13.2 Å². The van der Waals surface area contributed by atoms with Gasteiger partial charge >= 0.3 is 12.1 Å². The normalized spacial score (nSPS) is 22.3. The summed E-state index contributed by atoms with van der Waals surface area (Å²) in [6.07, 6.45) is -0.648. The maximum atomic E-state index is 10.6. The lowest BCUT2D eigenvalue weighted by molar-refractivity contribution is -0.192. The molecule has 2 fully saturated rings. The highest BCUT2D eigenvalue weighted by Crippen LogP contribution is 2.49. The monoisotopic (exact) mass is 583 g/mol. The van der Waals surface area contributed by atoms with Crippen LogP contribution in [0.25, 0.3) is 0 Å². The van der Waals surface area contributed by atoms with Crippen molar-refractivity contribution in [3.8, 4) is 17.2 Å². The molecule has 1 heterocycles. The zero-order chi connectivity index (χ0) is 29.5. The van der Waals surface area contributed by atoms with E-state index in [1.807, 2.05) is 18.2 Å². The Balaban J connectivity index is 0.000000559. The van der Waals surface area contributed by atoms with Crippen LogP contribution in [0.5, 0.6) is 17.2 Å². The van der Waals surface area contributed by atoms with Crippen molar-refractivity contribution in [2.45, 2.75) is 55.9 Å². The number of ether oxygens (including phenoxy) is 3. The molecule has 3 atom stereocenters. The summed E-state index contributed by atoms with van der Waals surface area (Å²) in [6.45, 7) is 1.80. The highest BCUT2D eigenvalue weighted by atomic mass is 32.1. The second-order valence-electron chi connectivity index (χ2n) is 9.92. The minimum atomic E-state index is -5.08. The second kappa shape index (κ2) is 13.4. The number of nitrogens with one attached hydrogen (secondary N) is 2. The number of thiocarbonyl (C=S) groups is 1. The van der Waals surface area contributed by atoms with Crippen molar-refractivity contribution in [3.63, 3.8) is 0 Å². The average Bonchev–Trinajstić information content (AvgIpc) is 3.28. The molecule has 0 bridgehead atoms. The standard InChI is InChI=1S/C26H35N3O3S.C2HF3O2/c1-29-14-13-26(19-7-10-22(31-3)23(15-19)32-4)12-11-20(16-24(26)29)28-25(33)27-17-18-5-8-21(30-2)9-6-18;3-2(4,5)1(6)7/h5-10,15,20,24H,11-14,16-17H2,1-4H3,(H2,27,28,33);(H,6,7)/t20-,24+,26+;/m1./s1. The molecule has 2 aromatic carbocycles. The molecule has 0 amide bonds. The van der Waals surface area contributed by atoms with Gasteiger partial charge in [-0.1, -0.05) is 18.2 Å². The fraction of sp³-hybridized carbons (Fsp3) is 0.500. The third-order valence-corrected chi connectivity index (χ3v) is 7.94. The van der Waals surface area contributed by atoms with Crippen molar-refractivity contribution in [1.82, 2.24) is 15.5 Å². The molecule has 0 unspecified atom stereocenters. The highest BCUT2D eigenvalue weighted by molar-refractivity contribution is 7.80. The molecule has 4 rings (SSSR count). The van der Waals surface area contributed by atoms with E-state index in [9.17, 15) is 13.2 Å². The summed E-state index contributed by atoms with van der Waals surface area (Å²) in [7, 11) is 7.32. The second-order valence-corrected chi connectivity index (χ2v) is 10.3. The van der Waals surface area contributed by atoms with Gasteiger partial charge in [-0.05, 0) is 86.9 Å². The lowest BCUT2D eigenvalue weighted by Crippen LogP contribution is -2.53. The molecule has 0 aromatic heterocycles. The lowest BCUT2D eigenvalue weighted by Gasteiger charge is -2.45. The predicted molar refractivity (Wildman–Crippen MR) is 149 cm³/mol. The van der Waals surface area contributed by atoms with Gasteiger partial charge in [-0.25, -0.2) is 4.79 Å². The minimum Gasteiger partial charge on any atom is -0.497 e. The summed E-state index contributed by atoms with van der Waals surface area (Å²) in [5, 5.41) is 14.8. The number of fused-ring (bicyclic) bond motifs is 1. The number of carboxylic acids is 1. The molecule has 220 valence electrons. The van der Waals surface area contributed by atoms with Gasteiger partial charge in [0.05, 0.1) is 21.3 Å². The van der Waals surface area contributed by atoms with Crippen LogP contribution in [0.15, 0.2) is 42.5 Å². The lowest BCUT2D eigenvalue weighted by atomic mass is 9.65. The maximum Gasteiger partial charge on any atom is 0.490 e. The Labute approximate surface area is 237 Å². The minimum absolute atomic E-state index is 0.143. The van der Waals surface area contributed by atoms with E-state index in [1.165, 1.54) is 11.1 Å². The number of aliphatic carboxylic acids is 1. The number of carboxylic acid groups (broad SMARTS) is 1. The van der Waals surface area contributed by atoms with Crippen LogP contribution >= 0.6 is 12.2 Å². The van der Waals surface area contributed by atoms with Gasteiger partial charge in [0.25, 0.3) is 0 Å². The first-order valence-electron chi connectivity index (χ1n) is 12.8. The number of halogens is 3. The SMILES string of the molecule is COc1ccc(CNC(=S)N[C@@H]2CC[C@@]3(c4ccc(OC)c(OC)c4)CCN(C)[C@H]3C2)cc1.O=C(O)C(F)(F)F. The van der Waals surface area contributed by atoms with Gasteiger partial charge in [-0.2, -0.15) is 13.2 Å². The summed E-state index contributed by atoms with van der Waals surface area (Å²) < 4.78 is 48.0. The Morgan fingerprint density at radius 3 is 2.30 bits per heavy atom. The van der Waals surface area contributed by atoms with E-state index >= 15 is 0 Å². The number of rotatable bonds is 7.